The number of nitrogens with zero attached hydrogens (tertiary/aromatic N) is 7. The fourth-order valence-electron chi connectivity index (χ4n) is 6.63. The summed E-state index contributed by atoms with van der Waals surface area (Å²) in [5.41, 5.74) is -0.253. The van der Waals surface area contributed by atoms with Gasteiger partial charge in [0.1, 0.15) is 29.8 Å². The van der Waals surface area contributed by atoms with Crippen molar-refractivity contribution in [3.63, 3.8) is 0 Å². The third-order valence-electron chi connectivity index (χ3n) is 9.04. The summed E-state index contributed by atoms with van der Waals surface area (Å²) in [6, 6.07) is 13.1. The number of carbonyl (C=O) groups is 1. The number of aryl methyl sites for hydroxylation is 1. The molecule has 0 radical (unpaired) electrons. The van der Waals surface area contributed by atoms with Gasteiger partial charge in [0.05, 0.1) is 31.0 Å². The maximum Gasteiger partial charge on any atom is 0.319 e. The van der Waals surface area contributed by atoms with Gasteiger partial charge in [-0.3, -0.25) is 14.7 Å². The summed E-state index contributed by atoms with van der Waals surface area (Å²) < 4.78 is 41.8. The summed E-state index contributed by atoms with van der Waals surface area (Å²) in [7, 11) is 3.31. The van der Waals surface area contributed by atoms with Crippen LogP contribution in [0.2, 0.25) is 0 Å². The number of likely N-dealkylation sites (tertiary alicyclic amines) is 1. The Hall–Kier alpha value is -4.77. The first-order chi connectivity index (χ1) is 23.1. The van der Waals surface area contributed by atoms with E-state index in [1.165, 1.54) is 30.4 Å². The number of hydrogen-bond acceptors (Lipinski definition) is 10. The average molecular weight is 658 g/mol. The van der Waals surface area contributed by atoms with Gasteiger partial charge in [-0.05, 0) is 36.7 Å². The molecule has 2 fully saturated rings. The Kier molecular flexibility index (Phi) is 9.50. The van der Waals surface area contributed by atoms with Crippen LogP contribution in [0.5, 0.6) is 6.01 Å². The lowest BCUT2D eigenvalue weighted by molar-refractivity contribution is -0.155. The molecular weight excluding hydrogens is 620 g/mol. The van der Waals surface area contributed by atoms with Crippen LogP contribution < -0.4 is 9.64 Å². The van der Waals surface area contributed by atoms with Crippen LogP contribution in [-0.4, -0.2) is 107 Å². The van der Waals surface area contributed by atoms with Gasteiger partial charge < -0.3 is 24.4 Å². The molecule has 48 heavy (non-hydrogen) atoms. The number of nitriles is 1. The maximum absolute atomic E-state index is 16.7. The highest BCUT2D eigenvalue weighted by Crippen LogP contribution is 2.37. The number of β-amino-alcohol motifs (C(OH)–C–C–N with tert-alkyl or cyclic N) is 1. The molecule has 2 aromatic carbocycles. The highest BCUT2D eigenvalue weighted by atomic mass is 19.1. The third kappa shape index (κ3) is 6.38. The fraction of sp³-hybridized carbons (Fsp3) is 0.400. The molecule has 250 valence electrons. The molecule has 6 rings (SSSR count). The van der Waals surface area contributed by atoms with Gasteiger partial charge in [-0.1, -0.05) is 42.5 Å². The molecular formula is C35H37F2N7O4. The number of ether oxygens (including phenoxy) is 2. The summed E-state index contributed by atoms with van der Waals surface area (Å²) in [6.45, 7) is 2.58. The quantitative estimate of drug-likeness (QED) is 0.262. The van der Waals surface area contributed by atoms with E-state index in [1.807, 2.05) is 61.3 Å². The second-order valence-corrected chi connectivity index (χ2v) is 12.3. The number of methoxy groups -OCH3 is 1. The molecule has 2 aromatic heterocycles. The first-order valence-corrected chi connectivity index (χ1v) is 15.8. The van der Waals surface area contributed by atoms with Crippen LogP contribution in [0.4, 0.5) is 14.6 Å². The van der Waals surface area contributed by atoms with Gasteiger partial charge in [0.25, 0.3) is 0 Å². The molecule has 0 saturated carbocycles. The van der Waals surface area contributed by atoms with Crippen molar-refractivity contribution in [2.24, 2.45) is 0 Å². The number of pyridine rings is 1. The molecule has 2 saturated heterocycles. The Morgan fingerprint density at radius 1 is 1.23 bits per heavy atom. The smallest absolute Gasteiger partial charge is 0.319 e. The number of likely N-dealkylation sites (N-methyl/N-ethyl adjacent to an activating group) is 1. The highest BCUT2D eigenvalue weighted by molar-refractivity contribution is 6.00. The van der Waals surface area contributed by atoms with E-state index in [0.717, 1.165) is 16.3 Å². The third-order valence-corrected chi connectivity index (χ3v) is 9.04. The molecule has 13 heteroatoms. The second-order valence-electron chi connectivity index (χ2n) is 12.3. The minimum absolute atomic E-state index is 0.0430. The predicted octanol–water partition coefficient (Wildman–Crippen LogP) is 4.17. The number of halogens is 2. The van der Waals surface area contributed by atoms with E-state index in [-0.39, 0.29) is 86.7 Å². The Balaban J connectivity index is 1.43. The molecule has 0 spiro atoms. The molecule has 0 unspecified atom stereocenters. The largest absolute Gasteiger partial charge is 0.462 e. The van der Waals surface area contributed by atoms with E-state index in [1.54, 1.807) is 4.90 Å². The van der Waals surface area contributed by atoms with Crippen LogP contribution in [0, 0.1) is 24.1 Å². The summed E-state index contributed by atoms with van der Waals surface area (Å²) in [6.07, 6.45) is 3.25. The minimum atomic E-state index is -1.88. The molecule has 1 N–H and O–H groups in total. The van der Waals surface area contributed by atoms with Crippen molar-refractivity contribution in [3.8, 4) is 23.3 Å². The lowest BCUT2D eigenvalue weighted by atomic mass is 9.97. The van der Waals surface area contributed by atoms with Gasteiger partial charge >= 0.3 is 6.01 Å². The van der Waals surface area contributed by atoms with Crippen molar-refractivity contribution < 1.29 is 28.2 Å². The second kappa shape index (κ2) is 13.8. The number of amides is 1. The Bertz CT molecular complexity index is 1910. The van der Waals surface area contributed by atoms with Gasteiger partial charge in [-0.2, -0.15) is 15.2 Å². The molecule has 3 atom stereocenters. The van der Waals surface area contributed by atoms with Crippen molar-refractivity contribution in [1.82, 2.24) is 24.8 Å². The molecule has 1 amide bonds. The van der Waals surface area contributed by atoms with Gasteiger partial charge in [-0.25, -0.2) is 8.78 Å². The van der Waals surface area contributed by atoms with Crippen LogP contribution in [0.3, 0.4) is 0 Å². The predicted molar refractivity (Wildman–Crippen MR) is 177 cm³/mol. The van der Waals surface area contributed by atoms with Crippen LogP contribution in [0.15, 0.2) is 54.7 Å². The summed E-state index contributed by atoms with van der Waals surface area (Å²) in [5, 5.41) is 23.4. The van der Waals surface area contributed by atoms with E-state index >= 15 is 4.39 Å². The van der Waals surface area contributed by atoms with Crippen LogP contribution in [-0.2, 0) is 9.53 Å². The molecule has 11 nitrogen and oxygen atoms in total. The van der Waals surface area contributed by atoms with Crippen molar-refractivity contribution in [3.05, 3.63) is 66.1 Å². The molecule has 2 aliphatic heterocycles. The Labute approximate surface area is 277 Å². The van der Waals surface area contributed by atoms with E-state index < -0.39 is 23.6 Å². The van der Waals surface area contributed by atoms with Gasteiger partial charge in [0, 0.05) is 50.6 Å². The summed E-state index contributed by atoms with van der Waals surface area (Å²) in [4.78, 5) is 31.5. The summed E-state index contributed by atoms with van der Waals surface area (Å²) in [5.74, 6) is -0.929. The number of piperazine rings is 1. The highest BCUT2D eigenvalue weighted by Gasteiger charge is 2.43. The van der Waals surface area contributed by atoms with Gasteiger partial charge in [-0.15, -0.1) is 0 Å². The van der Waals surface area contributed by atoms with Crippen molar-refractivity contribution in [1.29, 1.82) is 5.26 Å². The standard InChI is InChI=1S/C35H37F2N7O4/c1-22-7-4-8-23-9-5-10-26(29(22)23)31-30(37)32-27(18-39-31)33(41-34(40-32)48-20-25-17-24(36)19-42(25)2)43-14-15-44(28(45)11-6-16-47-3)35(46,21-43)12-13-38/h4-11,18,24-25,46H,12,14-17,19-21H2,1-3H3/b11-6+/t24-,25+,35+/m1/s1. The van der Waals surface area contributed by atoms with Crippen LogP contribution >= 0.6 is 0 Å². The summed E-state index contributed by atoms with van der Waals surface area (Å²) >= 11 is 0. The first kappa shape index (κ1) is 33.1. The molecule has 2 aliphatic rings. The average Bonchev–Trinajstić information content (AvgIpc) is 3.39. The number of aliphatic hydroxyl groups is 1. The van der Waals surface area contributed by atoms with Gasteiger partial charge in [0.2, 0.25) is 5.91 Å². The van der Waals surface area contributed by atoms with E-state index in [2.05, 4.69) is 15.0 Å². The number of rotatable bonds is 9. The topological polar surface area (TPSA) is 128 Å². The number of aromatic nitrogens is 3. The Morgan fingerprint density at radius 2 is 2.02 bits per heavy atom. The zero-order chi connectivity index (χ0) is 34.0. The minimum Gasteiger partial charge on any atom is -0.462 e. The lowest BCUT2D eigenvalue weighted by Crippen LogP contribution is -2.64. The lowest BCUT2D eigenvalue weighted by Gasteiger charge is -2.46. The number of anilines is 1. The van der Waals surface area contributed by atoms with Crippen LogP contribution in [0.25, 0.3) is 32.9 Å². The molecule has 4 aromatic rings. The molecule has 4 heterocycles. The normalized spacial score (nSPS) is 21.8. The van der Waals surface area contributed by atoms with Crippen molar-refractivity contribution in [2.75, 3.05) is 58.5 Å². The van der Waals surface area contributed by atoms with Crippen molar-refractivity contribution in [2.45, 2.75) is 37.7 Å². The van der Waals surface area contributed by atoms with E-state index in [0.29, 0.717) is 5.56 Å². The Morgan fingerprint density at radius 3 is 2.75 bits per heavy atom. The van der Waals surface area contributed by atoms with Crippen LogP contribution in [0.1, 0.15) is 18.4 Å². The van der Waals surface area contributed by atoms with E-state index in [4.69, 9.17) is 9.47 Å². The number of fused-ring (bicyclic) bond motifs is 2. The zero-order valence-electron chi connectivity index (χ0n) is 27.1. The number of alkyl halides is 1. The van der Waals surface area contributed by atoms with Crippen molar-refractivity contribution >= 4 is 33.4 Å². The van der Waals surface area contributed by atoms with Gasteiger partial charge in [0.15, 0.2) is 11.5 Å². The molecule has 0 bridgehead atoms. The number of hydrogen-bond donors (Lipinski definition) is 1. The zero-order valence-corrected chi connectivity index (χ0v) is 27.1. The maximum atomic E-state index is 16.7. The first-order valence-electron chi connectivity index (χ1n) is 15.8. The SMILES string of the molecule is COC/C=C/C(=O)N1CCN(c2nc(OC[C@@H]3C[C@@H](F)CN3C)nc3c(F)c(-c4cccc5cccc(C)c45)ncc23)C[C@@]1(O)CC#N. The monoisotopic (exact) mass is 657 g/mol. The number of benzene rings is 2. The fourth-order valence-corrected chi connectivity index (χ4v) is 6.63. The number of carbonyl (C=O) groups excluding carboxylic acids is 1. The molecule has 0 aliphatic carbocycles. The van der Waals surface area contributed by atoms with E-state index in [9.17, 15) is 19.6 Å².